The summed E-state index contributed by atoms with van der Waals surface area (Å²) in [7, 11) is 0. The van der Waals surface area contributed by atoms with Gasteiger partial charge >= 0.3 is 0 Å². The van der Waals surface area contributed by atoms with Crippen LogP contribution in [0.4, 0.5) is 5.82 Å². The summed E-state index contributed by atoms with van der Waals surface area (Å²) >= 11 is 0. The van der Waals surface area contributed by atoms with Gasteiger partial charge in [0.05, 0.1) is 12.2 Å². The lowest BCUT2D eigenvalue weighted by Gasteiger charge is -2.06. The molecule has 2 N–H and O–H groups in total. The van der Waals surface area contributed by atoms with Crippen molar-refractivity contribution in [3.63, 3.8) is 0 Å². The summed E-state index contributed by atoms with van der Waals surface area (Å²) in [5.41, 5.74) is 7.94. The largest absolute Gasteiger partial charge is 0.494 e. The summed E-state index contributed by atoms with van der Waals surface area (Å²) in [6, 6.07) is 7.51. The Morgan fingerprint density at radius 2 is 2.00 bits per heavy atom. The van der Waals surface area contributed by atoms with Crippen molar-refractivity contribution < 1.29 is 9.53 Å². The van der Waals surface area contributed by atoms with E-state index in [4.69, 9.17) is 10.5 Å². The van der Waals surface area contributed by atoms with Crippen LogP contribution < -0.4 is 10.5 Å². The lowest BCUT2D eigenvalue weighted by atomic mass is 10.1. The van der Waals surface area contributed by atoms with Crippen molar-refractivity contribution in [3.8, 4) is 17.0 Å². The second kappa shape index (κ2) is 6.43. The Hall–Kier alpha value is -2.30. The second-order valence-corrected chi connectivity index (χ2v) is 5.30. The number of aldehydes is 1. The number of nitrogens with two attached hydrogens (primary N) is 1. The number of benzene rings is 1. The van der Waals surface area contributed by atoms with Crippen LogP contribution in [0.3, 0.4) is 0 Å². The first-order chi connectivity index (χ1) is 10.1. The van der Waals surface area contributed by atoms with Gasteiger partial charge in [-0.2, -0.15) is 5.10 Å². The maximum absolute atomic E-state index is 11.3. The number of anilines is 1. The van der Waals surface area contributed by atoms with Crippen LogP contribution in [0.5, 0.6) is 5.75 Å². The second-order valence-electron chi connectivity index (χ2n) is 5.30. The van der Waals surface area contributed by atoms with Crippen LogP contribution in [0.15, 0.2) is 24.3 Å². The molecule has 112 valence electrons. The third-order valence-corrected chi connectivity index (χ3v) is 3.12. The van der Waals surface area contributed by atoms with Gasteiger partial charge in [0.2, 0.25) is 0 Å². The first-order valence-electron chi connectivity index (χ1n) is 7.11. The number of ether oxygens (including phenoxy) is 1. The van der Waals surface area contributed by atoms with Crippen LogP contribution in [0.1, 0.15) is 31.1 Å². The smallest absolute Gasteiger partial charge is 0.156 e. The number of aromatic nitrogens is 2. The van der Waals surface area contributed by atoms with Crippen molar-refractivity contribution >= 4 is 12.1 Å². The minimum atomic E-state index is 0.403. The molecule has 0 aliphatic heterocycles. The van der Waals surface area contributed by atoms with Crippen LogP contribution in [0.25, 0.3) is 11.3 Å². The molecule has 0 aliphatic rings. The Morgan fingerprint density at radius 1 is 1.33 bits per heavy atom. The molecular formula is C16H21N3O2. The first-order valence-corrected chi connectivity index (χ1v) is 7.11. The molecule has 0 saturated carbocycles. The van der Waals surface area contributed by atoms with Gasteiger partial charge in [0.25, 0.3) is 0 Å². The maximum atomic E-state index is 11.3. The number of carbonyl (C=O) groups excluding carboxylic acids is 1. The van der Waals surface area contributed by atoms with E-state index in [0.717, 1.165) is 17.6 Å². The monoisotopic (exact) mass is 287 g/mol. The van der Waals surface area contributed by atoms with Gasteiger partial charge in [0.1, 0.15) is 17.3 Å². The average Bonchev–Trinajstić information content (AvgIpc) is 2.76. The van der Waals surface area contributed by atoms with E-state index in [1.165, 1.54) is 0 Å². The number of nitrogens with zero attached hydrogens (tertiary/aromatic N) is 2. The van der Waals surface area contributed by atoms with Gasteiger partial charge in [-0.05, 0) is 37.1 Å². The van der Waals surface area contributed by atoms with Crippen molar-refractivity contribution in [2.24, 2.45) is 5.92 Å². The highest BCUT2D eigenvalue weighted by Gasteiger charge is 2.17. The Kier molecular flexibility index (Phi) is 4.62. The lowest BCUT2D eigenvalue weighted by Crippen LogP contribution is -2.09. The van der Waals surface area contributed by atoms with Gasteiger partial charge in [-0.25, -0.2) is 4.68 Å². The summed E-state index contributed by atoms with van der Waals surface area (Å²) in [6.45, 7) is 7.40. The van der Waals surface area contributed by atoms with Crippen molar-refractivity contribution in [1.82, 2.24) is 9.78 Å². The molecule has 0 unspecified atom stereocenters. The van der Waals surface area contributed by atoms with E-state index in [2.05, 4.69) is 18.9 Å². The van der Waals surface area contributed by atoms with Crippen LogP contribution in [-0.4, -0.2) is 22.7 Å². The maximum Gasteiger partial charge on any atom is 0.156 e. The molecule has 0 radical (unpaired) electrons. The van der Waals surface area contributed by atoms with Gasteiger partial charge < -0.3 is 10.5 Å². The normalized spacial score (nSPS) is 10.9. The summed E-state index contributed by atoms with van der Waals surface area (Å²) in [5.74, 6) is 1.62. The fraction of sp³-hybridized carbons (Fsp3) is 0.375. The van der Waals surface area contributed by atoms with Gasteiger partial charge in [0, 0.05) is 12.1 Å². The highest BCUT2D eigenvalue weighted by molar-refractivity contribution is 5.91. The van der Waals surface area contributed by atoms with Gasteiger partial charge in [-0.3, -0.25) is 4.79 Å². The van der Waals surface area contributed by atoms with Gasteiger partial charge in [0.15, 0.2) is 6.29 Å². The predicted octanol–water partition coefficient (Wildman–Crippen LogP) is 3.00. The lowest BCUT2D eigenvalue weighted by molar-refractivity contribution is 0.112. The highest BCUT2D eigenvalue weighted by atomic mass is 16.5. The van der Waals surface area contributed by atoms with E-state index in [-0.39, 0.29) is 0 Å². The van der Waals surface area contributed by atoms with Crippen LogP contribution >= 0.6 is 0 Å². The molecule has 0 bridgehead atoms. The zero-order valence-electron chi connectivity index (χ0n) is 12.7. The van der Waals surface area contributed by atoms with Gasteiger partial charge in [-0.15, -0.1) is 0 Å². The number of rotatable bonds is 6. The van der Waals surface area contributed by atoms with Crippen LogP contribution in [-0.2, 0) is 6.54 Å². The molecule has 1 aromatic carbocycles. The summed E-state index contributed by atoms with van der Waals surface area (Å²) in [5, 5.41) is 4.49. The molecular weight excluding hydrogens is 266 g/mol. The number of nitrogen functional groups attached to an aromatic ring is 1. The molecule has 0 aliphatic carbocycles. The van der Waals surface area contributed by atoms with Crippen molar-refractivity contribution in [2.75, 3.05) is 12.3 Å². The Labute approximate surface area is 124 Å². The minimum absolute atomic E-state index is 0.403. The van der Waals surface area contributed by atoms with E-state index in [1.807, 2.05) is 31.2 Å². The fourth-order valence-corrected chi connectivity index (χ4v) is 2.18. The van der Waals surface area contributed by atoms with E-state index in [1.54, 1.807) is 4.68 Å². The molecule has 0 saturated heterocycles. The van der Waals surface area contributed by atoms with E-state index in [9.17, 15) is 4.79 Å². The van der Waals surface area contributed by atoms with Crippen molar-refractivity contribution in [3.05, 3.63) is 29.8 Å². The average molecular weight is 287 g/mol. The van der Waals surface area contributed by atoms with Gasteiger partial charge in [-0.1, -0.05) is 13.8 Å². The fourth-order valence-electron chi connectivity index (χ4n) is 2.18. The van der Waals surface area contributed by atoms with Crippen molar-refractivity contribution in [2.45, 2.75) is 27.3 Å². The standard InChI is InChI=1S/C16H21N3O2/c1-4-21-13-7-5-12(6-8-13)15-14(10-20)16(17)19(18-15)9-11(2)3/h5-8,10-11H,4,9,17H2,1-3H3. The Balaban J connectivity index is 2.40. The third-order valence-electron chi connectivity index (χ3n) is 3.12. The predicted molar refractivity (Wildman–Crippen MR) is 83.5 cm³/mol. The van der Waals surface area contributed by atoms with Crippen LogP contribution in [0, 0.1) is 5.92 Å². The Bertz CT molecular complexity index is 615. The van der Waals surface area contributed by atoms with E-state index in [0.29, 0.717) is 36.1 Å². The van der Waals surface area contributed by atoms with E-state index >= 15 is 0 Å². The Morgan fingerprint density at radius 3 is 2.52 bits per heavy atom. The first kappa shape index (κ1) is 15.1. The molecule has 0 fully saturated rings. The third kappa shape index (κ3) is 3.24. The molecule has 0 spiro atoms. The molecule has 1 aromatic heterocycles. The summed E-state index contributed by atoms with van der Waals surface area (Å²) < 4.78 is 7.11. The SMILES string of the molecule is CCOc1ccc(-c2nn(CC(C)C)c(N)c2C=O)cc1. The molecule has 2 rings (SSSR count). The molecule has 0 amide bonds. The molecule has 5 heteroatoms. The summed E-state index contributed by atoms with van der Waals surface area (Å²) in [4.78, 5) is 11.3. The number of hydrogen-bond donors (Lipinski definition) is 1. The molecule has 5 nitrogen and oxygen atoms in total. The molecule has 0 atom stereocenters. The van der Waals surface area contributed by atoms with Crippen LogP contribution in [0.2, 0.25) is 0 Å². The zero-order valence-corrected chi connectivity index (χ0v) is 12.7. The molecule has 1 heterocycles. The quantitative estimate of drug-likeness (QED) is 0.829. The van der Waals surface area contributed by atoms with E-state index < -0.39 is 0 Å². The number of hydrogen-bond acceptors (Lipinski definition) is 4. The topological polar surface area (TPSA) is 70.1 Å². The summed E-state index contributed by atoms with van der Waals surface area (Å²) in [6.07, 6.45) is 0.769. The number of carbonyl (C=O) groups is 1. The van der Waals surface area contributed by atoms with Crippen molar-refractivity contribution in [1.29, 1.82) is 0 Å². The molecule has 21 heavy (non-hydrogen) atoms. The minimum Gasteiger partial charge on any atom is -0.494 e. The highest BCUT2D eigenvalue weighted by Crippen LogP contribution is 2.27. The zero-order chi connectivity index (χ0) is 15.4. The molecule has 2 aromatic rings.